The standard InChI is InChI=1S/C16H19BrN6O2/c1-25-13-4-3-11(17)7-10(13)9-23-14-12(21-16(23)24)8-20-15(22-14)19-6-2-5-18/h3-4,7-8H,2,5-6,9,18H2,1H3,(H,21,24)(H,19,20,22). The molecule has 9 heteroatoms. The molecule has 0 saturated carbocycles. The first-order chi connectivity index (χ1) is 12.1. The highest BCUT2D eigenvalue weighted by Crippen LogP contribution is 2.24. The summed E-state index contributed by atoms with van der Waals surface area (Å²) >= 11 is 3.45. The lowest BCUT2D eigenvalue weighted by molar-refractivity contribution is 0.408. The molecular formula is C16H19BrN6O2. The molecule has 4 N–H and O–H groups in total. The van der Waals surface area contributed by atoms with E-state index >= 15 is 0 Å². The second-order valence-electron chi connectivity index (χ2n) is 5.47. The Balaban J connectivity index is 1.98. The van der Waals surface area contributed by atoms with Crippen molar-refractivity contribution in [1.82, 2.24) is 19.5 Å². The van der Waals surface area contributed by atoms with Crippen molar-refractivity contribution in [3.8, 4) is 5.75 Å². The molecule has 2 aromatic heterocycles. The maximum atomic E-state index is 12.3. The van der Waals surface area contributed by atoms with Gasteiger partial charge in [-0.2, -0.15) is 4.98 Å². The Kier molecular flexibility index (Phi) is 5.34. The highest BCUT2D eigenvalue weighted by molar-refractivity contribution is 9.10. The summed E-state index contributed by atoms with van der Waals surface area (Å²) in [5, 5.41) is 3.11. The van der Waals surface area contributed by atoms with E-state index in [2.05, 4.69) is 36.2 Å². The number of anilines is 1. The number of hydrogen-bond acceptors (Lipinski definition) is 6. The molecule has 0 radical (unpaired) electrons. The number of nitrogens with one attached hydrogen (secondary N) is 2. The molecule has 132 valence electrons. The smallest absolute Gasteiger partial charge is 0.328 e. The number of aromatic nitrogens is 4. The van der Waals surface area contributed by atoms with Gasteiger partial charge in [-0.25, -0.2) is 9.78 Å². The Bertz CT molecular complexity index is 936. The van der Waals surface area contributed by atoms with Crippen molar-refractivity contribution in [1.29, 1.82) is 0 Å². The number of H-pyrrole nitrogens is 1. The maximum absolute atomic E-state index is 12.3. The summed E-state index contributed by atoms with van der Waals surface area (Å²) < 4.78 is 7.86. The fourth-order valence-corrected chi connectivity index (χ4v) is 2.93. The first-order valence-electron chi connectivity index (χ1n) is 7.84. The van der Waals surface area contributed by atoms with Crippen LogP contribution in [-0.2, 0) is 6.54 Å². The number of benzene rings is 1. The van der Waals surface area contributed by atoms with Gasteiger partial charge in [0, 0.05) is 16.6 Å². The van der Waals surface area contributed by atoms with Gasteiger partial charge >= 0.3 is 5.69 Å². The number of ether oxygens (including phenoxy) is 1. The molecule has 0 aliphatic rings. The number of imidazole rings is 1. The fraction of sp³-hybridized carbons (Fsp3) is 0.312. The molecule has 0 aliphatic heterocycles. The quantitative estimate of drug-likeness (QED) is 0.515. The van der Waals surface area contributed by atoms with Crippen LogP contribution in [0.25, 0.3) is 11.2 Å². The van der Waals surface area contributed by atoms with Gasteiger partial charge in [0.15, 0.2) is 5.65 Å². The van der Waals surface area contributed by atoms with E-state index in [4.69, 9.17) is 10.5 Å². The number of aromatic amines is 1. The van der Waals surface area contributed by atoms with Crippen LogP contribution < -0.4 is 21.5 Å². The molecule has 1 aromatic carbocycles. The number of methoxy groups -OCH3 is 1. The van der Waals surface area contributed by atoms with E-state index in [0.29, 0.717) is 42.5 Å². The topological polar surface area (TPSA) is 111 Å². The number of hydrogen-bond donors (Lipinski definition) is 3. The summed E-state index contributed by atoms with van der Waals surface area (Å²) in [6.45, 7) is 1.60. The van der Waals surface area contributed by atoms with Crippen molar-refractivity contribution < 1.29 is 4.74 Å². The lowest BCUT2D eigenvalue weighted by atomic mass is 10.2. The third-order valence-electron chi connectivity index (χ3n) is 3.75. The molecule has 0 saturated heterocycles. The Morgan fingerprint density at radius 1 is 1.44 bits per heavy atom. The minimum Gasteiger partial charge on any atom is -0.496 e. The zero-order valence-electron chi connectivity index (χ0n) is 13.8. The van der Waals surface area contributed by atoms with Crippen LogP contribution >= 0.6 is 15.9 Å². The number of rotatable bonds is 7. The van der Waals surface area contributed by atoms with Crippen LogP contribution in [0.3, 0.4) is 0 Å². The van der Waals surface area contributed by atoms with E-state index in [1.807, 2.05) is 18.2 Å². The number of nitrogens with zero attached hydrogens (tertiary/aromatic N) is 3. The fourth-order valence-electron chi connectivity index (χ4n) is 2.52. The monoisotopic (exact) mass is 406 g/mol. The zero-order chi connectivity index (χ0) is 17.8. The average molecular weight is 407 g/mol. The van der Waals surface area contributed by atoms with Gasteiger partial charge < -0.3 is 20.8 Å². The summed E-state index contributed by atoms with van der Waals surface area (Å²) in [5.41, 5.74) is 7.24. The summed E-state index contributed by atoms with van der Waals surface area (Å²) in [6, 6.07) is 5.67. The average Bonchev–Trinajstić information content (AvgIpc) is 2.91. The Hall–Kier alpha value is -2.39. The number of halogens is 1. The lowest BCUT2D eigenvalue weighted by Gasteiger charge is -2.10. The molecule has 0 amide bonds. The molecule has 25 heavy (non-hydrogen) atoms. The van der Waals surface area contributed by atoms with Gasteiger partial charge in [0.05, 0.1) is 19.9 Å². The maximum Gasteiger partial charge on any atom is 0.328 e. The SMILES string of the molecule is COc1ccc(Br)cc1Cn1c(=O)[nH]c2cnc(NCCCN)nc21. The summed E-state index contributed by atoms with van der Waals surface area (Å²) in [5.74, 6) is 1.18. The van der Waals surface area contributed by atoms with Crippen LogP contribution in [0.15, 0.2) is 33.7 Å². The van der Waals surface area contributed by atoms with Crippen molar-refractivity contribution >= 4 is 33.0 Å². The van der Waals surface area contributed by atoms with E-state index in [1.165, 1.54) is 0 Å². The normalized spacial score (nSPS) is 11.0. The van der Waals surface area contributed by atoms with Crippen LogP contribution in [-0.4, -0.2) is 39.7 Å². The minimum absolute atomic E-state index is 0.245. The van der Waals surface area contributed by atoms with Crippen LogP contribution in [0, 0.1) is 0 Å². The minimum atomic E-state index is -0.245. The molecule has 0 atom stereocenters. The zero-order valence-corrected chi connectivity index (χ0v) is 15.3. The Labute approximate surface area is 152 Å². The molecular weight excluding hydrogens is 388 g/mol. The molecule has 0 bridgehead atoms. The van der Waals surface area contributed by atoms with Crippen molar-refractivity contribution in [3.05, 3.63) is 44.9 Å². The predicted octanol–water partition coefficient (Wildman–Crippen LogP) is 1.70. The van der Waals surface area contributed by atoms with E-state index in [0.717, 1.165) is 16.5 Å². The highest BCUT2D eigenvalue weighted by Gasteiger charge is 2.13. The van der Waals surface area contributed by atoms with E-state index < -0.39 is 0 Å². The molecule has 0 fully saturated rings. The molecule has 2 heterocycles. The van der Waals surface area contributed by atoms with Crippen molar-refractivity contribution in [3.63, 3.8) is 0 Å². The van der Waals surface area contributed by atoms with Gasteiger partial charge in [-0.1, -0.05) is 15.9 Å². The first-order valence-corrected chi connectivity index (χ1v) is 8.63. The Morgan fingerprint density at radius 2 is 2.28 bits per heavy atom. The van der Waals surface area contributed by atoms with Crippen LogP contribution in [0.1, 0.15) is 12.0 Å². The van der Waals surface area contributed by atoms with Crippen LogP contribution in [0.5, 0.6) is 5.75 Å². The number of fused-ring (bicyclic) bond motifs is 1. The third kappa shape index (κ3) is 3.83. The summed E-state index contributed by atoms with van der Waals surface area (Å²) in [7, 11) is 1.60. The lowest BCUT2D eigenvalue weighted by Crippen LogP contribution is -2.18. The summed E-state index contributed by atoms with van der Waals surface area (Å²) in [6.07, 6.45) is 2.42. The van der Waals surface area contributed by atoms with Gasteiger partial charge in [0.25, 0.3) is 0 Å². The number of nitrogens with two attached hydrogens (primary N) is 1. The predicted molar refractivity (Wildman–Crippen MR) is 100 cm³/mol. The molecule has 0 spiro atoms. The van der Waals surface area contributed by atoms with E-state index in [9.17, 15) is 4.79 Å². The van der Waals surface area contributed by atoms with Crippen LogP contribution in [0.4, 0.5) is 5.95 Å². The molecule has 0 aliphatic carbocycles. The van der Waals surface area contributed by atoms with E-state index in [-0.39, 0.29) is 5.69 Å². The molecule has 3 rings (SSSR count). The van der Waals surface area contributed by atoms with Gasteiger partial charge in [0.2, 0.25) is 5.95 Å². The molecule has 0 unspecified atom stereocenters. The third-order valence-corrected chi connectivity index (χ3v) is 4.24. The molecule has 3 aromatic rings. The Morgan fingerprint density at radius 3 is 3.04 bits per heavy atom. The van der Waals surface area contributed by atoms with Gasteiger partial charge in [-0.15, -0.1) is 0 Å². The largest absolute Gasteiger partial charge is 0.496 e. The highest BCUT2D eigenvalue weighted by atomic mass is 79.9. The second-order valence-corrected chi connectivity index (χ2v) is 6.39. The van der Waals surface area contributed by atoms with Gasteiger partial charge in [-0.05, 0) is 31.2 Å². The van der Waals surface area contributed by atoms with Gasteiger partial charge in [-0.3, -0.25) is 4.57 Å². The first kappa shape index (κ1) is 17.4. The van der Waals surface area contributed by atoms with Crippen LogP contribution in [0.2, 0.25) is 0 Å². The molecule has 8 nitrogen and oxygen atoms in total. The van der Waals surface area contributed by atoms with Gasteiger partial charge in [0.1, 0.15) is 11.3 Å². The van der Waals surface area contributed by atoms with E-state index in [1.54, 1.807) is 17.9 Å². The second kappa shape index (κ2) is 7.66. The summed E-state index contributed by atoms with van der Waals surface area (Å²) in [4.78, 5) is 23.8. The van der Waals surface area contributed by atoms with Crippen molar-refractivity contribution in [2.45, 2.75) is 13.0 Å². The van der Waals surface area contributed by atoms with Crippen molar-refractivity contribution in [2.75, 3.05) is 25.5 Å². The van der Waals surface area contributed by atoms with Crippen molar-refractivity contribution in [2.24, 2.45) is 5.73 Å².